The van der Waals surface area contributed by atoms with Crippen molar-refractivity contribution in [3.63, 3.8) is 0 Å². The summed E-state index contributed by atoms with van der Waals surface area (Å²) in [6.45, 7) is 2.43. The van der Waals surface area contributed by atoms with E-state index in [0.29, 0.717) is 47.5 Å². The Morgan fingerprint density at radius 2 is 1.92 bits per heavy atom. The van der Waals surface area contributed by atoms with Crippen LogP contribution in [-0.4, -0.2) is 95.2 Å². The van der Waals surface area contributed by atoms with E-state index in [4.69, 9.17) is 9.47 Å². The van der Waals surface area contributed by atoms with E-state index in [1.807, 2.05) is 0 Å². The highest BCUT2D eigenvalue weighted by Gasteiger charge is 2.52. The number of aromatic nitrogens is 1. The number of aromatic amines is 1. The fraction of sp³-hybridized carbons (Fsp3) is 0.407. The molecule has 2 atom stereocenters. The van der Waals surface area contributed by atoms with Crippen molar-refractivity contribution in [1.29, 1.82) is 0 Å². The maximum atomic E-state index is 14.7. The Hall–Kier alpha value is -3.77. The van der Waals surface area contributed by atoms with Crippen molar-refractivity contribution in [2.75, 3.05) is 46.0 Å². The monoisotopic (exact) mass is 544 g/mol. The predicted molar refractivity (Wildman–Crippen MR) is 133 cm³/mol. The zero-order valence-electron chi connectivity index (χ0n) is 20.9. The Kier molecular flexibility index (Phi) is 6.59. The maximum Gasteiger partial charge on any atom is 0.328 e. The Morgan fingerprint density at radius 1 is 1.13 bits per heavy atom. The summed E-state index contributed by atoms with van der Waals surface area (Å²) in [4.78, 5) is 35.5. The number of rotatable bonds is 7. The first-order chi connectivity index (χ1) is 18.8. The number of phenolic OH excluding ortho intramolecular Hbond substituents is 1. The lowest BCUT2D eigenvalue weighted by Crippen LogP contribution is -2.44. The van der Waals surface area contributed by atoms with Gasteiger partial charge in [0.15, 0.2) is 11.6 Å². The van der Waals surface area contributed by atoms with Crippen molar-refractivity contribution >= 4 is 22.8 Å². The van der Waals surface area contributed by atoms with E-state index in [2.05, 4.69) is 9.88 Å². The number of morpholine rings is 1. The molecule has 2 fully saturated rings. The lowest BCUT2D eigenvalue weighted by Gasteiger charge is -2.36. The molecule has 39 heavy (non-hydrogen) atoms. The first-order valence-electron chi connectivity index (χ1n) is 12.8. The highest BCUT2D eigenvalue weighted by atomic mass is 19.3. The average molecular weight is 545 g/mol. The van der Waals surface area contributed by atoms with Crippen LogP contribution in [0.5, 0.6) is 11.5 Å². The molecule has 4 heterocycles. The number of nitrogens with zero attached hydrogens (tertiary/aromatic N) is 3. The number of alkyl halides is 2. The third-order valence-corrected chi connectivity index (χ3v) is 7.57. The number of carbonyl (C=O) groups excluding carboxylic acids is 2. The van der Waals surface area contributed by atoms with Crippen LogP contribution in [0.2, 0.25) is 0 Å². The normalized spacial score (nSPS) is 21.6. The number of nitrogens with one attached hydrogen (secondary N) is 1. The topological polar surface area (TPSA) is 98.3 Å². The molecule has 12 heteroatoms. The first-order valence-corrected chi connectivity index (χ1v) is 12.8. The fourth-order valence-corrected chi connectivity index (χ4v) is 5.76. The van der Waals surface area contributed by atoms with Crippen molar-refractivity contribution in [3.05, 3.63) is 59.0 Å². The lowest BCUT2D eigenvalue weighted by atomic mass is 9.88. The van der Waals surface area contributed by atoms with Gasteiger partial charge in [0.25, 0.3) is 12.3 Å². The summed E-state index contributed by atoms with van der Waals surface area (Å²) in [5.41, 5.74) is 2.18. The van der Waals surface area contributed by atoms with Crippen molar-refractivity contribution in [2.45, 2.75) is 24.9 Å². The lowest BCUT2D eigenvalue weighted by molar-refractivity contribution is -0.128. The van der Waals surface area contributed by atoms with Crippen LogP contribution < -0.4 is 4.74 Å². The number of urea groups is 1. The molecule has 3 amide bonds. The van der Waals surface area contributed by atoms with Gasteiger partial charge in [-0.25, -0.2) is 18.0 Å². The second-order valence-electron chi connectivity index (χ2n) is 9.90. The fourth-order valence-electron chi connectivity index (χ4n) is 5.76. The average Bonchev–Trinajstić information content (AvgIpc) is 3.38. The molecule has 2 unspecified atom stereocenters. The van der Waals surface area contributed by atoms with Gasteiger partial charge in [-0.05, 0) is 29.3 Å². The van der Waals surface area contributed by atoms with Gasteiger partial charge in [-0.2, -0.15) is 0 Å². The first kappa shape index (κ1) is 25.5. The number of halogens is 3. The number of imide groups is 1. The Balaban J connectivity index is 1.40. The van der Waals surface area contributed by atoms with Crippen LogP contribution in [0.4, 0.5) is 18.0 Å². The molecular weight excluding hydrogens is 517 g/mol. The number of carbonyl (C=O) groups is 2. The highest BCUT2D eigenvalue weighted by molar-refractivity contribution is 6.05. The molecule has 0 radical (unpaired) electrons. The number of hydrogen-bond acceptors (Lipinski definition) is 6. The summed E-state index contributed by atoms with van der Waals surface area (Å²) in [5.74, 6) is -1.47. The van der Waals surface area contributed by atoms with Gasteiger partial charge in [0.1, 0.15) is 24.4 Å². The summed E-state index contributed by atoms with van der Waals surface area (Å²) in [7, 11) is 0. The minimum Gasteiger partial charge on any atom is -0.508 e. The molecule has 206 valence electrons. The minimum absolute atomic E-state index is 0.0110. The zero-order valence-corrected chi connectivity index (χ0v) is 20.9. The highest BCUT2D eigenvalue weighted by Crippen LogP contribution is 2.45. The minimum atomic E-state index is -2.77. The number of ether oxygens (including phenoxy) is 2. The van der Waals surface area contributed by atoms with Crippen molar-refractivity contribution in [1.82, 2.24) is 19.7 Å². The van der Waals surface area contributed by atoms with E-state index < -0.39 is 37.0 Å². The second kappa shape index (κ2) is 10.1. The molecule has 3 aliphatic heterocycles. The van der Waals surface area contributed by atoms with E-state index in [9.17, 15) is 27.9 Å². The summed E-state index contributed by atoms with van der Waals surface area (Å²) in [5, 5.41) is 10.7. The third kappa shape index (κ3) is 4.57. The number of H-pyrrole nitrogens is 1. The van der Waals surface area contributed by atoms with Crippen LogP contribution in [0, 0.1) is 5.82 Å². The molecule has 3 aromatic rings. The van der Waals surface area contributed by atoms with Gasteiger partial charge in [-0.1, -0.05) is 12.1 Å². The van der Waals surface area contributed by atoms with E-state index in [0.717, 1.165) is 19.2 Å². The maximum absolute atomic E-state index is 14.7. The van der Waals surface area contributed by atoms with Crippen LogP contribution in [-0.2, 0) is 16.0 Å². The molecule has 6 rings (SSSR count). The van der Waals surface area contributed by atoms with E-state index in [1.54, 1.807) is 12.1 Å². The van der Waals surface area contributed by atoms with Gasteiger partial charge in [0.2, 0.25) is 0 Å². The zero-order chi connectivity index (χ0) is 27.3. The standard InChI is InChI=1S/C27H27F3N4O5/c28-19-13-20-17(12-22(19)39-14-23(29)30)18-11-21-26(36)33(5-4-32-6-8-38-9-7-32)27(37)34(21)25(24(18)31-20)15-2-1-3-16(35)10-15/h1-3,10,12-13,21,23,25,31,35H,4-9,11,14H2. The van der Waals surface area contributed by atoms with Crippen molar-refractivity contribution in [3.8, 4) is 11.5 Å². The Bertz CT molecular complexity index is 1420. The van der Waals surface area contributed by atoms with Gasteiger partial charge in [-0.3, -0.25) is 19.5 Å². The number of phenols is 1. The number of hydrogen-bond donors (Lipinski definition) is 2. The molecule has 9 nitrogen and oxygen atoms in total. The summed E-state index contributed by atoms with van der Waals surface area (Å²) >= 11 is 0. The van der Waals surface area contributed by atoms with Crippen LogP contribution in [0.15, 0.2) is 36.4 Å². The van der Waals surface area contributed by atoms with E-state index in [-0.39, 0.29) is 30.4 Å². The number of benzene rings is 2. The quantitative estimate of drug-likeness (QED) is 0.444. The number of aromatic hydroxyl groups is 1. The van der Waals surface area contributed by atoms with Gasteiger partial charge in [0, 0.05) is 55.3 Å². The summed E-state index contributed by atoms with van der Waals surface area (Å²) < 4.78 is 50.5. The number of amides is 3. The van der Waals surface area contributed by atoms with Gasteiger partial charge in [0.05, 0.1) is 13.2 Å². The smallest absolute Gasteiger partial charge is 0.328 e. The molecule has 2 aromatic carbocycles. The molecule has 2 saturated heterocycles. The summed E-state index contributed by atoms with van der Waals surface area (Å²) in [6, 6.07) is 6.90. The van der Waals surface area contributed by atoms with Gasteiger partial charge >= 0.3 is 6.03 Å². The molecule has 2 N–H and O–H groups in total. The van der Waals surface area contributed by atoms with Crippen molar-refractivity contribution in [2.24, 2.45) is 0 Å². The molecule has 0 bridgehead atoms. The third-order valence-electron chi connectivity index (χ3n) is 7.57. The molecule has 0 saturated carbocycles. The van der Waals surface area contributed by atoms with Crippen LogP contribution in [0.3, 0.4) is 0 Å². The molecular formula is C27H27F3N4O5. The van der Waals surface area contributed by atoms with Crippen LogP contribution in [0.25, 0.3) is 10.9 Å². The molecule has 0 aliphatic carbocycles. The SMILES string of the molecule is O=C1C2Cc3c([nH]c4cc(F)c(OCC(F)F)cc34)C(c3cccc(O)c3)N2C(=O)N1CCN1CCOCC1. The predicted octanol–water partition coefficient (Wildman–Crippen LogP) is 3.27. The largest absolute Gasteiger partial charge is 0.508 e. The van der Waals surface area contributed by atoms with Gasteiger partial charge in [-0.15, -0.1) is 0 Å². The molecule has 3 aliphatic rings. The summed E-state index contributed by atoms with van der Waals surface area (Å²) in [6.07, 6.45) is -2.61. The Morgan fingerprint density at radius 3 is 2.67 bits per heavy atom. The van der Waals surface area contributed by atoms with Crippen LogP contribution in [0.1, 0.15) is 22.9 Å². The van der Waals surface area contributed by atoms with Crippen molar-refractivity contribution < 1.29 is 37.3 Å². The van der Waals surface area contributed by atoms with Crippen LogP contribution >= 0.6 is 0 Å². The van der Waals surface area contributed by atoms with E-state index >= 15 is 0 Å². The second-order valence-corrected chi connectivity index (χ2v) is 9.90. The number of fused-ring (bicyclic) bond motifs is 4. The molecule has 1 aromatic heterocycles. The molecule has 0 spiro atoms. The van der Waals surface area contributed by atoms with Gasteiger partial charge < -0.3 is 19.6 Å². The van der Waals surface area contributed by atoms with E-state index in [1.165, 1.54) is 28.0 Å². The Labute approximate surface area is 221 Å².